The van der Waals surface area contributed by atoms with Crippen molar-refractivity contribution in [3.8, 4) is 5.69 Å². The van der Waals surface area contributed by atoms with Crippen LogP contribution in [0, 0.1) is 13.8 Å². The van der Waals surface area contributed by atoms with Gasteiger partial charge in [-0.2, -0.15) is 4.99 Å². The van der Waals surface area contributed by atoms with Gasteiger partial charge in [0.15, 0.2) is 4.80 Å². The van der Waals surface area contributed by atoms with Crippen LogP contribution < -0.4 is 4.80 Å². The Morgan fingerprint density at radius 3 is 2.36 bits per heavy atom. The molecular formula is C18H16N2OS. The number of hydrogen-bond acceptors (Lipinski definition) is 2. The summed E-state index contributed by atoms with van der Waals surface area (Å²) in [5.74, 6) is -0.216. The topological polar surface area (TPSA) is 34.4 Å². The van der Waals surface area contributed by atoms with Crippen molar-refractivity contribution >= 4 is 17.2 Å². The lowest BCUT2D eigenvalue weighted by molar-refractivity contribution is 0.0998. The van der Waals surface area contributed by atoms with Crippen LogP contribution in [0.25, 0.3) is 5.69 Å². The predicted octanol–water partition coefficient (Wildman–Crippen LogP) is 3.90. The molecule has 0 aliphatic heterocycles. The molecule has 3 aromatic rings. The zero-order valence-corrected chi connectivity index (χ0v) is 13.3. The minimum absolute atomic E-state index is 0.216. The van der Waals surface area contributed by atoms with Gasteiger partial charge in [-0.25, -0.2) is 0 Å². The van der Waals surface area contributed by atoms with Gasteiger partial charge in [0.05, 0.1) is 0 Å². The number of carbonyl (C=O) groups is 1. The second-order valence-corrected chi connectivity index (χ2v) is 5.95. The molecule has 2 aromatic carbocycles. The van der Waals surface area contributed by atoms with E-state index < -0.39 is 0 Å². The van der Waals surface area contributed by atoms with Crippen molar-refractivity contribution in [2.75, 3.05) is 0 Å². The highest BCUT2D eigenvalue weighted by atomic mass is 32.1. The van der Waals surface area contributed by atoms with Crippen LogP contribution in [-0.4, -0.2) is 10.5 Å². The standard InChI is InChI=1S/C18H16N2OS/c1-13-8-10-15(11-9-13)17(21)19-18-20(14(2)12-22-18)16-6-4-3-5-7-16/h3-12H,1-2H3. The summed E-state index contributed by atoms with van der Waals surface area (Å²) in [6.45, 7) is 4.01. The minimum Gasteiger partial charge on any atom is -0.290 e. The maximum absolute atomic E-state index is 12.3. The maximum Gasteiger partial charge on any atom is 0.279 e. The molecule has 0 bridgehead atoms. The lowest BCUT2D eigenvalue weighted by Gasteiger charge is -2.05. The number of aromatic nitrogens is 1. The van der Waals surface area contributed by atoms with Gasteiger partial charge >= 0.3 is 0 Å². The lowest BCUT2D eigenvalue weighted by atomic mass is 10.1. The van der Waals surface area contributed by atoms with Crippen LogP contribution in [0.4, 0.5) is 0 Å². The van der Waals surface area contributed by atoms with E-state index in [-0.39, 0.29) is 5.91 Å². The third kappa shape index (κ3) is 2.92. The Balaban J connectivity index is 2.06. The predicted molar refractivity (Wildman–Crippen MR) is 89.5 cm³/mol. The first kappa shape index (κ1) is 14.5. The summed E-state index contributed by atoms with van der Waals surface area (Å²) < 4.78 is 2.00. The van der Waals surface area contributed by atoms with E-state index >= 15 is 0 Å². The molecule has 0 saturated carbocycles. The molecule has 0 aliphatic carbocycles. The molecule has 1 aromatic heterocycles. The Hall–Kier alpha value is -2.46. The van der Waals surface area contributed by atoms with E-state index in [0.717, 1.165) is 16.9 Å². The van der Waals surface area contributed by atoms with Gasteiger partial charge in [0, 0.05) is 22.3 Å². The summed E-state index contributed by atoms with van der Waals surface area (Å²) in [5.41, 5.74) is 3.81. The number of rotatable bonds is 2. The molecule has 22 heavy (non-hydrogen) atoms. The smallest absolute Gasteiger partial charge is 0.279 e. The Kier molecular flexibility index (Phi) is 4.02. The van der Waals surface area contributed by atoms with Gasteiger partial charge in [-0.1, -0.05) is 35.9 Å². The summed E-state index contributed by atoms with van der Waals surface area (Å²) in [6, 6.07) is 17.4. The van der Waals surface area contributed by atoms with Crippen molar-refractivity contribution in [1.82, 2.24) is 4.57 Å². The fourth-order valence-electron chi connectivity index (χ4n) is 2.21. The fourth-order valence-corrected chi connectivity index (χ4v) is 3.08. The second-order valence-electron chi connectivity index (χ2n) is 5.11. The number of para-hydroxylation sites is 1. The van der Waals surface area contributed by atoms with E-state index in [1.165, 1.54) is 11.3 Å². The van der Waals surface area contributed by atoms with Gasteiger partial charge in [-0.05, 0) is 38.1 Å². The molecule has 1 amide bonds. The molecule has 3 rings (SSSR count). The highest BCUT2D eigenvalue weighted by Gasteiger charge is 2.07. The molecule has 0 atom stereocenters. The lowest BCUT2D eigenvalue weighted by Crippen LogP contribution is -2.16. The molecular weight excluding hydrogens is 292 g/mol. The van der Waals surface area contributed by atoms with E-state index in [0.29, 0.717) is 10.4 Å². The van der Waals surface area contributed by atoms with E-state index in [4.69, 9.17) is 0 Å². The van der Waals surface area contributed by atoms with E-state index in [1.807, 2.05) is 78.4 Å². The number of hydrogen-bond donors (Lipinski definition) is 0. The van der Waals surface area contributed by atoms with Crippen LogP contribution in [0.1, 0.15) is 21.6 Å². The molecule has 0 spiro atoms. The van der Waals surface area contributed by atoms with Crippen LogP contribution >= 0.6 is 11.3 Å². The Bertz CT molecular complexity index is 858. The number of carbonyl (C=O) groups excluding carboxylic acids is 1. The third-order valence-electron chi connectivity index (χ3n) is 3.39. The maximum atomic E-state index is 12.3. The highest BCUT2D eigenvalue weighted by molar-refractivity contribution is 7.07. The molecule has 0 radical (unpaired) electrons. The average molecular weight is 308 g/mol. The van der Waals surface area contributed by atoms with Crippen LogP contribution in [0.5, 0.6) is 0 Å². The quantitative estimate of drug-likeness (QED) is 0.707. The van der Waals surface area contributed by atoms with Crippen molar-refractivity contribution in [3.05, 3.63) is 81.6 Å². The average Bonchev–Trinajstić information content (AvgIpc) is 2.89. The summed E-state index contributed by atoms with van der Waals surface area (Å²) in [6.07, 6.45) is 0. The van der Waals surface area contributed by atoms with Gasteiger partial charge < -0.3 is 0 Å². The van der Waals surface area contributed by atoms with Crippen LogP contribution in [0.15, 0.2) is 65.0 Å². The van der Waals surface area contributed by atoms with Gasteiger partial charge in [0.25, 0.3) is 5.91 Å². The largest absolute Gasteiger partial charge is 0.290 e. The normalized spacial score (nSPS) is 11.6. The minimum atomic E-state index is -0.216. The molecule has 3 nitrogen and oxygen atoms in total. The van der Waals surface area contributed by atoms with Crippen LogP contribution in [0.3, 0.4) is 0 Å². The molecule has 0 aliphatic rings. The Labute approximate surface area is 133 Å². The Morgan fingerprint density at radius 2 is 1.68 bits per heavy atom. The van der Waals surface area contributed by atoms with Crippen molar-refractivity contribution in [2.24, 2.45) is 4.99 Å². The SMILES string of the molecule is Cc1ccc(C(=O)N=c2scc(C)n2-c2ccccc2)cc1. The molecule has 0 fully saturated rings. The monoisotopic (exact) mass is 308 g/mol. The van der Waals surface area contributed by atoms with E-state index in [9.17, 15) is 4.79 Å². The fraction of sp³-hybridized carbons (Fsp3) is 0.111. The van der Waals surface area contributed by atoms with Gasteiger partial charge in [0.1, 0.15) is 0 Å². The third-order valence-corrected chi connectivity index (χ3v) is 4.33. The molecule has 4 heteroatoms. The number of amides is 1. The number of thiazole rings is 1. The van der Waals surface area contributed by atoms with Gasteiger partial charge in [0.2, 0.25) is 0 Å². The number of aryl methyl sites for hydroxylation is 2. The van der Waals surface area contributed by atoms with Crippen molar-refractivity contribution in [2.45, 2.75) is 13.8 Å². The summed E-state index contributed by atoms with van der Waals surface area (Å²) in [4.78, 5) is 17.3. The summed E-state index contributed by atoms with van der Waals surface area (Å²) >= 11 is 1.47. The van der Waals surface area contributed by atoms with Crippen LogP contribution in [-0.2, 0) is 0 Å². The molecule has 1 heterocycles. The Morgan fingerprint density at radius 1 is 1.00 bits per heavy atom. The molecule has 0 N–H and O–H groups in total. The summed E-state index contributed by atoms with van der Waals surface area (Å²) in [5, 5.41) is 2.01. The zero-order valence-electron chi connectivity index (χ0n) is 12.5. The van der Waals surface area contributed by atoms with Gasteiger partial charge in [-0.3, -0.25) is 9.36 Å². The molecule has 0 unspecified atom stereocenters. The molecule has 110 valence electrons. The number of benzene rings is 2. The highest BCUT2D eigenvalue weighted by Crippen LogP contribution is 2.11. The second kappa shape index (κ2) is 6.12. The molecule has 0 saturated heterocycles. The first-order valence-corrected chi connectivity index (χ1v) is 7.91. The van der Waals surface area contributed by atoms with Gasteiger partial charge in [-0.15, -0.1) is 11.3 Å². The van der Waals surface area contributed by atoms with Crippen molar-refractivity contribution < 1.29 is 4.79 Å². The van der Waals surface area contributed by atoms with Crippen LogP contribution in [0.2, 0.25) is 0 Å². The number of nitrogens with zero attached hydrogens (tertiary/aromatic N) is 2. The van der Waals surface area contributed by atoms with E-state index in [2.05, 4.69) is 4.99 Å². The van der Waals surface area contributed by atoms with Crippen molar-refractivity contribution in [3.63, 3.8) is 0 Å². The van der Waals surface area contributed by atoms with E-state index in [1.54, 1.807) is 0 Å². The zero-order chi connectivity index (χ0) is 15.5. The first-order chi connectivity index (χ1) is 10.6. The van der Waals surface area contributed by atoms with Crippen molar-refractivity contribution in [1.29, 1.82) is 0 Å². The summed E-state index contributed by atoms with van der Waals surface area (Å²) in [7, 11) is 0. The first-order valence-electron chi connectivity index (χ1n) is 7.03.